The SMILES string of the molecule is CC(C)COc1ccc(/C=N\NC(=O)[C@@H](C)N(c2ccccc2)S(C)(=O)=O)cc1. The third-order valence-electron chi connectivity index (χ3n) is 3.95. The molecule has 8 heteroatoms. The number of hydrogen-bond donors (Lipinski definition) is 1. The first kappa shape index (κ1) is 22.4. The molecule has 0 bridgehead atoms. The van der Waals surface area contributed by atoms with Gasteiger partial charge in [-0.05, 0) is 54.8 Å². The molecule has 2 aromatic carbocycles. The zero-order chi connectivity index (χ0) is 21.4. The Labute approximate surface area is 172 Å². The van der Waals surface area contributed by atoms with Gasteiger partial charge in [0.05, 0.1) is 24.8 Å². The van der Waals surface area contributed by atoms with Gasteiger partial charge in [0.25, 0.3) is 5.91 Å². The smallest absolute Gasteiger partial charge is 0.263 e. The molecule has 0 fully saturated rings. The van der Waals surface area contributed by atoms with Crippen molar-refractivity contribution in [3.8, 4) is 5.75 Å². The molecule has 0 aliphatic heterocycles. The normalized spacial score (nSPS) is 12.7. The molecule has 0 saturated carbocycles. The first-order chi connectivity index (χ1) is 13.7. The van der Waals surface area contributed by atoms with Crippen molar-refractivity contribution in [2.24, 2.45) is 11.0 Å². The van der Waals surface area contributed by atoms with Crippen molar-refractivity contribution in [3.63, 3.8) is 0 Å². The summed E-state index contributed by atoms with van der Waals surface area (Å²) in [5.41, 5.74) is 3.59. The van der Waals surface area contributed by atoms with E-state index >= 15 is 0 Å². The number of hydrogen-bond acceptors (Lipinski definition) is 5. The van der Waals surface area contributed by atoms with Crippen LogP contribution in [-0.4, -0.2) is 39.4 Å². The van der Waals surface area contributed by atoms with Gasteiger partial charge in [-0.25, -0.2) is 13.8 Å². The lowest BCUT2D eigenvalue weighted by molar-refractivity contribution is -0.121. The minimum atomic E-state index is -3.65. The Morgan fingerprint density at radius 2 is 1.72 bits per heavy atom. The molecule has 0 saturated heterocycles. The Bertz CT molecular complexity index is 926. The van der Waals surface area contributed by atoms with E-state index in [-0.39, 0.29) is 0 Å². The molecule has 29 heavy (non-hydrogen) atoms. The molecule has 0 aliphatic rings. The number of carbonyl (C=O) groups is 1. The van der Waals surface area contributed by atoms with Gasteiger partial charge in [-0.3, -0.25) is 9.10 Å². The number of carbonyl (C=O) groups excluding carboxylic acids is 1. The molecule has 0 aliphatic carbocycles. The van der Waals surface area contributed by atoms with E-state index in [0.29, 0.717) is 18.2 Å². The molecule has 7 nitrogen and oxygen atoms in total. The maximum Gasteiger partial charge on any atom is 0.263 e. The van der Waals surface area contributed by atoms with Gasteiger partial charge in [0.2, 0.25) is 10.0 Å². The third-order valence-corrected chi connectivity index (χ3v) is 5.19. The van der Waals surface area contributed by atoms with E-state index in [1.165, 1.54) is 13.1 Å². The number of amides is 1. The Kier molecular flexibility index (Phi) is 7.78. The van der Waals surface area contributed by atoms with E-state index in [4.69, 9.17) is 4.74 Å². The second-order valence-corrected chi connectivity index (χ2v) is 8.94. The summed E-state index contributed by atoms with van der Waals surface area (Å²) in [7, 11) is -3.65. The highest BCUT2D eigenvalue weighted by molar-refractivity contribution is 7.92. The van der Waals surface area contributed by atoms with Gasteiger partial charge in [-0.2, -0.15) is 5.10 Å². The molecule has 2 rings (SSSR count). The van der Waals surface area contributed by atoms with Crippen LogP contribution in [-0.2, 0) is 14.8 Å². The molecule has 1 amide bonds. The average molecular weight is 418 g/mol. The molecule has 0 heterocycles. The monoisotopic (exact) mass is 417 g/mol. The van der Waals surface area contributed by atoms with Crippen LogP contribution < -0.4 is 14.5 Å². The molecular weight excluding hydrogens is 390 g/mol. The number of nitrogens with zero attached hydrogens (tertiary/aromatic N) is 2. The minimum Gasteiger partial charge on any atom is -0.493 e. The summed E-state index contributed by atoms with van der Waals surface area (Å²) in [6.07, 6.45) is 2.56. The van der Waals surface area contributed by atoms with Crippen molar-refractivity contribution < 1.29 is 17.9 Å². The topological polar surface area (TPSA) is 88.1 Å². The number of benzene rings is 2. The van der Waals surface area contributed by atoms with Crippen LogP contribution in [0.4, 0.5) is 5.69 Å². The highest BCUT2D eigenvalue weighted by Crippen LogP contribution is 2.20. The standard InChI is InChI=1S/C21H27N3O4S/c1-16(2)15-28-20-12-10-18(11-13-20)14-22-23-21(25)17(3)24(29(4,26)27)19-8-6-5-7-9-19/h5-14,16-17H,15H2,1-4H3,(H,23,25)/b22-14-/t17-/m1/s1. The van der Waals surface area contributed by atoms with E-state index in [2.05, 4.69) is 24.4 Å². The number of anilines is 1. The van der Waals surface area contributed by atoms with Gasteiger partial charge in [0, 0.05) is 0 Å². The van der Waals surface area contributed by atoms with Gasteiger partial charge < -0.3 is 4.74 Å². The summed E-state index contributed by atoms with van der Waals surface area (Å²) >= 11 is 0. The summed E-state index contributed by atoms with van der Waals surface area (Å²) in [6, 6.07) is 14.8. The summed E-state index contributed by atoms with van der Waals surface area (Å²) in [6.45, 7) is 6.31. The van der Waals surface area contributed by atoms with Gasteiger partial charge >= 0.3 is 0 Å². The van der Waals surface area contributed by atoms with Gasteiger partial charge in [-0.15, -0.1) is 0 Å². The molecule has 156 valence electrons. The number of rotatable bonds is 9. The molecular formula is C21H27N3O4S. The molecule has 0 spiro atoms. The quantitative estimate of drug-likeness (QED) is 0.502. The first-order valence-electron chi connectivity index (χ1n) is 9.28. The van der Waals surface area contributed by atoms with Crippen LogP contribution in [0.15, 0.2) is 59.7 Å². The maximum absolute atomic E-state index is 12.4. The Hall–Kier alpha value is -2.87. The van der Waals surface area contributed by atoms with Gasteiger partial charge in [0.1, 0.15) is 11.8 Å². The molecule has 0 aromatic heterocycles. The molecule has 0 radical (unpaired) electrons. The van der Waals surface area contributed by atoms with Crippen LogP contribution in [0.2, 0.25) is 0 Å². The predicted molar refractivity (Wildman–Crippen MR) is 116 cm³/mol. The van der Waals surface area contributed by atoms with Crippen molar-refractivity contribution >= 4 is 27.8 Å². The van der Waals surface area contributed by atoms with Crippen molar-refractivity contribution in [1.82, 2.24) is 5.43 Å². The molecule has 2 aromatic rings. The van der Waals surface area contributed by atoms with Crippen molar-refractivity contribution in [2.45, 2.75) is 26.8 Å². The summed E-state index contributed by atoms with van der Waals surface area (Å²) in [5.74, 6) is 0.670. The van der Waals surface area contributed by atoms with Gasteiger partial charge in [-0.1, -0.05) is 32.0 Å². The Balaban J connectivity index is 2.01. The van der Waals surface area contributed by atoms with Crippen LogP contribution in [0.5, 0.6) is 5.75 Å². The largest absolute Gasteiger partial charge is 0.493 e. The lowest BCUT2D eigenvalue weighted by Crippen LogP contribution is -2.46. The zero-order valence-corrected chi connectivity index (χ0v) is 17.9. The lowest BCUT2D eigenvalue weighted by Gasteiger charge is -2.27. The fourth-order valence-electron chi connectivity index (χ4n) is 2.56. The third kappa shape index (κ3) is 6.90. The van der Waals surface area contributed by atoms with Gasteiger partial charge in [0.15, 0.2) is 0 Å². The zero-order valence-electron chi connectivity index (χ0n) is 17.1. The van der Waals surface area contributed by atoms with E-state index in [0.717, 1.165) is 21.9 Å². The maximum atomic E-state index is 12.4. The Morgan fingerprint density at radius 1 is 1.10 bits per heavy atom. The fourth-order valence-corrected chi connectivity index (χ4v) is 3.74. The molecule has 0 unspecified atom stereocenters. The average Bonchev–Trinajstić information content (AvgIpc) is 2.67. The fraction of sp³-hybridized carbons (Fsp3) is 0.333. The summed E-state index contributed by atoms with van der Waals surface area (Å²) < 4.78 is 31.1. The highest BCUT2D eigenvalue weighted by Gasteiger charge is 2.28. The minimum absolute atomic E-state index is 0.415. The van der Waals surface area contributed by atoms with Crippen molar-refractivity contribution in [1.29, 1.82) is 0 Å². The molecule has 1 N–H and O–H groups in total. The highest BCUT2D eigenvalue weighted by atomic mass is 32.2. The number of hydrazone groups is 1. The van der Waals surface area contributed by atoms with Crippen LogP contribution in [0.25, 0.3) is 0 Å². The van der Waals surface area contributed by atoms with Crippen LogP contribution in [0.3, 0.4) is 0 Å². The van der Waals surface area contributed by atoms with E-state index < -0.39 is 22.0 Å². The number of nitrogens with one attached hydrogen (secondary N) is 1. The number of sulfonamides is 1. The lowest BCUT2D eigenvalue weighted by atomic mass is 10.2. The van der Waals surface area contributed by atoms with E-state index in [1.807, 2.05) is 24.3 Å². The second kappa shape index (κ2) is 10.1. The Morgan fingerprint density at radius 3 is 2.28 bits per heavy atom. The van der Waals surface area contributed by atoms with Crippen LogP contribution in [0, 0.1) is 5.92 Å². The number of para-hydroxylation sites is 1. The summed E-state index contributed by atoms with van der Waals surface area (Å²) in [5, 5.41) is 3.94. The number of ether oxygens (including phenoxy) is 1. The predicted octanol–water partition coefficient (Wildman–Crippen LogP) is 3.03. The van der Waals surface area contributed by atoms with Crippen molar-refractivity contribution in [3.05, 3.63) is 60.2 Å². The van der Waals surface area contributed by atoms with Crippen molar-refractivity contribution in [2.75, 3.05) is 17.2 Å². The summed E-state index contributed by atoms with van der Waals surface area (Å²) in [4.78, 5) is 12.4. The van der Waals surface area contributed by atoms with E-state index in [9.17, 15) is 13.2 Å². The van der Waals surface area contributed by atoms with Crippen LogP contribution in [0.1, 0.15) is 26.3 Å². The first-order valence-corrected chi connectivity index (χ1v) is 11.1. The van der Waals surface area contributed by atoms with Crippen LogP contribution >= 0.6 is 0 Å². The van der Waals surface area contributed by atoms with E-state index in [1.54, 1.807) is 30.3 Å². The second-order valence-electron chi connectivity index (χ2n) is 7.08. The molecule has 1 atom stereocenters.